The second-order valence-corrected chi connectivity index (χ2v) is 18.4. The molecule has 3 aliphatic heterocycles. The molecule has 260 valence electrons. The zero-order valence-electron chi connectivity index (χ0n) is 28.7. The molecule has 3 amide bonds. The van der Waals surface area contributed by atoms with Crippen LogP contribution in [0.1, 0.15) is 35.6 Å². The highest BCUT2D eigenvalue weighted by Crippen LogP contribution is 2.60. The maximum Gasteiger partial charge on any atom is 0.264 e. The highest BCUT2D eigenvalue weighted by molar-refractivity contribution is 6.71. The number of fused-ring (bicyclic) bond motifs is 4. The number of aliphatic hydroxyl groups is 1. The van der Waals surface area contributed by atoms with E-state index in [1.54, 1.807) is 28.0 Å². The van der Waals surface area contributed by atoms with E-state index < -0.39 is 31.5 Å². The molecule has 0 bridgehead atoms. The summed E-state index contributed by atoms with van der Waals surface area (Å²) in [6.07, 6.45) is 3.41. The van der Waals surface area contributed by atoms with Crippen molar-refractivity contribution in [2.45, 2.75) is 69.1 Å². The summed E-state index contributed by atoms with van der Waals surface area (Å²) < 4.78 is 6.89. The molecule has 10 nitrogen and oxygen atoms in total. The lowest BCUT2D eigenvalue weighted by atomic mass is 9.82. The van der Waals surface area contributed by atoms with E-state index in [1.165, 1.54) is 0 Å². The van der Waals surface area contributed by atoms with Crippen molar-refractivity contribution in [3.63, 3.8) is 0 Å². The maximum atomic E-state index is 14.6. The van der Waals surface area contributed by atoms with Gasteiger partial charge in [0.2, 0.25) is 11.8 Å². The van der Waals surface area contributed by atoms with Gasteiger partial charge in [0.1, 0.15) is 0 Å². The number of carbonyl (C=O) groups is 3. The smallest absolute Gasteiger partial charge is 0.264 e. The number of rotatable bonds is 9. The molecule has 1 fully saturated rings. The monoisotopic (exact) mass is 692 g/mol. The number of anilines is 2. The normalized spacial score (nSPS) is 24.5. The predicted octanol–water partition coefficient (Wildman–Crippen LogP) is 5.02. The van der Waals surface area contributed by atoms with E-state index in [1.807, 2.05) is 80.8 Å². The number of para-hydroxylation sites is 1. The zero-order valence-corrected chi connectivity index (χ0v) is 29.7. The van der Waals surface area contributed by atoms with Crippen LogP contribution in [0, 0.1) is 5.92 Å². The first-order valence-corrected chi connectivity index (χ1v) is 20.3. The van der Waals surface area contributed by atoms with Crippen molar-refractivity contribution < 1.29 is 29.0 Å². The lowest BCUT2D eigenvalue weighted by Crippen LogP contribution is -2.48. The van der Waals surface area contributed by atoms with Crippen molar-refractivity contribution >= 4 is 48.3 Å². The van der Waals surface area contributed by atoms with Crippen LogP contribution in [0.2, 0.25) is 18.6 Å². The number of hydrogen-bond acceptors (Lipinski definition) is 6. The molecule has 0 unspecified atom stereocenters. The largest absolute Gasteiger partial charge is 0.432 e. The number of ether oxygens (including phenoxy) is 1. The summed E-state index contributed by atoms with van der Waals surface area (Å²) in [5, 5.41) is 14.3. The van der Waals surface area contributed by atoms with Crippen LogP contribution < -0.4 is 10.2 Å². The fourth-order valence-corrected chi connectivity index (χ4v) is 11.2. The van der Waals surface area contributed by atoms with Crippen LogP contribution in [-0.4, -0.2) is 71.1 Å². The second kappa shape index (κ2) is 13.0. The van der Waals surface area contributed by atoms with E-state index in [-0.39, 0.29) is 49.8 Å². The fourth-order valence-electron chi connectivity index (χ4n) is 8.65. The Morgan fingerprint density at radius 2 is 1.86 bits per heavy atom. The van der Waals surface area contributed by atoms with Crippen molar-refractivity contribution in [3.05, 3.63) is 108 Å². The van der Waals surface area contributed by atoms with Crippen molar-refractivity contribution in [1.29, 1.82) is 0 Å². The van der Waals surface area contributed by atoms with Gasteiger partial charge in [0.15, 0.2) is 13.9 Å². The number of aliphatic hydroxyl groups excluding tert-OH is 1. The standard InChI is InChI=1S/C39H44N4O6Si/c1-5-16-42-33-15-14-28(41-35(45)18-27-21-40-32-13-9-8-12-30(27)32)19-31(33)39(38(42)47)24(2)37(50(3,4)48)34(49-39)20-36(46)43-22-26-11-7-6-10-25(26)17-29(43)23-44/h5-15,19,21,24,29,34,37,40,44,48H,1,16-18,20,22-23H2,2-4H3,(H,41,45)/t24-,29+,34+,37-,39+/m1/s1. The van der Waals surface area contributed by atoms with Gasteiger partial charge in [-0.1, -0.05) is 55.5 Å². The van der Waals surface area contributed by atoms with Crippen LogP contribution in [-0.2, 0) is 44.1 Å². The fraction of sp³-hybridized carbons (Fsp3) is 0.359. The van der Waals surface area contributed by atoms with Crippen LogP contribution in [0.4, 0.5) is 11.4 Å². The van der Waals surface area contributed by atoms with E-state index in [9.17, 15) is 24.3 Å². The van der Waals surface area contributed by atoms with Gasteiger partial charge < -0.3 is 34.7 Å². The lowest BCUT2D eigenvalue weighted by molar-refractivity contribution is -0.150. The molecule has 3 aliphatic rings. The molecular formula is C39H44N4O6Si. The number of aromatic nitrogens is 1. The van der Waals surface area contributed by atoms with Crippen molar-refractivity contribution in [1.82, 2.24) is 9.88 Å². The Morgan fingerprint density at radius 3 is 2.60 bits per heavy atom. The minimum atomic E-state index is -3.04. The average molecular weight is 693 g/mol. The summed E-state index contributed by atoms with van der Waals surface area (Å²) in [6.45, 7) is 9.89. The lowest BCUT2D eigenvalue weighted by Gasteiger charge is -2.37. The third kappa shape index (κ3) is 5.68. The molecule has 4 heterocycles. The molecule has 4 aromatic rings. The van der Waals surface area contributed by atoms with Gasteiger partial charge in [-0.15, -0.1) is 6.58 Å². The predicted molar refractivity (Wildman–Crippen MR) is 195 cm³/mol. The quantitative estimate of drug-likeness (QED) is 0.144. The van der Waals surface area contributed by atoms with Crippen molar-refractivity contribution in [2.24, 2.45) is 5.92 Å². The Labute approximate surface area is 292 Å². The maximum absolute atomic E-state index is 14.6. The SMILES string of the molecule is C=CCN1C(=O)[C@@]2(O[C@@H](CC(=O)N3Cc4ccccc4C[C@H]3CO)[C@H]([Si](C)(C)O)[C@H]2C)c2cc(NC(=O)Cc3c[nH]c4ccccc34)ccc21. The minimum absolute atomic E-state index is 0.0441. The van der Waals surface area contributed by atoms with Gasteiger partial charge in [0.05, 0.1) is 37.3 Å². The molecule has 0 saturated carbocycles. The van der Waals surface area contributed by atoms with Gasteiger partial charge in [-0.05, 0) is 60.5 Å². The Balaban J connectivity index is 1.20. The second-order valence-electron chi connectivity index (χ2n) is 14.4. The minimum Gasteiger partial charge on any atom is -0.432 e. The molecule has 5 atom stereocenters. The van der Waals surface area contributed by atoms with E-state index in [0.717, 1.165) is 27.6 Å². The third-order valence-corrected chi connectivity index (χ3v) is 13.4. The zero-order chi connectivity index (χ0) is 35.4. The summed E-state index contributed by atoms with van der Waals surface area (Å²) >= 11 is 0. The first kappa shape index (κ1) is 33.9. The first-order valence-electron chi connectivity index (χ1n) is 17.3. The number of benzene rings is 3. The summed E-state index contributed by atoms with van der Waals surface area (Å²) in [6, 6.07) is 20.8. The van der Waals surface area contributed by atoms with Gasteiger partial charge in [0, 0.05) is 52.9 Å². The van der Waals surface area contributed by atoms with E-state index in [0.29, 0.717) is 29.9 Å². The molecule has 11 heteroatoms. The van der Waals surface area contributed by atoms with Gasteiger partial charge in [0.25, 0.3) is 5.91 Å². The highest BCUT2D eigenvalue weighted by atomic mass is 28.4. The molecule has 1 aromatic heterocycles. The average Bonchev–Trinajstić information content (AvgIpc) is 3.70. The number of hydrogen-bond donors (Lipinski definition) is 4. The summed E-state index contributed by atoms with van der Waals surface area (Å²) in [7, 11) is -3.04. The molecular weight excluding hydrogens is 649 g/mol. The molecule has 4 N–H and O–H groups in total. The molecule has 3 aromatic carbocycles. The van der Waals surface area contributed by atoms with Crippen LogP contribution in [0.3, 0.4) is 0 Å². The topological polar surface area (TPSA) is 135 Å². The first-order chi connectivity index (χ1) is 24.0. The van der Waals surface area contributed by atoms with Gasteiger partial charge >= 0.3 is 0 Å². The Morgan fingerprint density at radius 1 is 1.12 bits per heavy atom. The molecule has 0 aliphatic carbocycles. The number of nitrogens with one attached hydrogen (secondary N) is 2. The molecule has 7 rings (SSSR count). The molecule has 0 radical (unpaired) electrons. The van der Waals surface area contributed by atoms with Crippen LogP contribution in [0.25, 0.3) is 10.9 Å². The van der Waals surface area contributed by atoms with E-state index in [4.69, 9.17) is 4.74 Å². The van der Waals surface area contributed by atoms with Crippen LogP contribution in [0.5, 0.6) is 0 Å². The summed E-state index contributed by atoms with van der Waals surface area (Å²) in [4.78, 5) is 60.3. The molecule has 50 heavy (non-hydrogen) atoms. The number of carbonyl (C=O) groups excluding carboxylic acids is 3. The number of nitrogens with zero attached hydrogens (tertiary/aromatic N) is 2. The van der Waals surface area contributed by atoms with E-state index >= 15 is 0 Å². The van der Waals surface area contributed by atoms with Crippen molar-refractivity contribution in [2.75, 3.05) is 23.4 Å². The Hall–Kier alpha value is -4.55. The van der Waals surface area contributed by atoms with Crippen LogP contribution >= 0.6 is 0 Å². The summed E-state index contributed by atoms with van der Waals surface area (Å²) in [5.74, 6) is -1.16. The van der Waals surface area contributed by atoms with Gasteiger partial charge in [-0.3, -0.25) is 14.4 Å². The summed E-state index contributed by atoms with van der Waals surface area (Å²) in [5.41, 5.74) is 3.80. The Bertz CT molecular complexity index is 1990. The van der Waals surface area contributed by atoms with Crippen LogP contribution in [0.15, 0.2) is 85.6 Å². The van der Waals surface area contributed by atoms with Gasteiger partial charge in [-0.25, -0.2) is 0 Å². The number of H-pyrrole nitrogens is 1. The number of aromatic amines is 1. The van der Waals surface area contributed by atoms with E-state index in [2.05, 4.69) is 16.9 Å². The van der Waals surface area contributed by atoms with Crippen molar-refractivity contribution in [3.8, 4) is 0 Å². The highest BCUT2D eigenvalue weighted by Gasteiger charge is 2.66. The molecule has 1 spiro atoms. The third-order valence-electron chi connectivity index (χ3n) is 10.9. The number of amides is 3. The Kier molecular flexibility index (Phi) is 8.80. The van der Waals surface area contributed by atoms with Gasteiger partial charge in [-0.2, -0.15) is 0 Å². The molecule has 1 saturated heterocycles.